The Kier molecular flexibility index (Phi) is 3.00. The minimum absolute atomic E-state index is 0.539. The van der Waals surface area contributed by atoms with E-state index >= 15 is 0 Å². The van der Waals surface area contributed by atoms with Crippen LogP contribution < -0.4 is 5.73 Å². The van der Waals surface area contributed by atoms with Gasteiger partial charge in [-0.3, -0.25) is 0 Å². The molecule has 0 amide bonds. The maximum atomic E-state index is 5.97. The number of nitrogens with two attached hydrogens (primary N) is 1. The fourth-order valence-corrected chi connectivity index (χ4v) is 2.01. The Bertz CT molecular complexity index is 691. The number of benzene rings is 1. The summed E-state index contributed by atoms with van der Waals surface area (Å²) in [5.41, 5.74) is 7.78. The van der Waals surface area contributed by atoms with Crippen molar-refractivity contribution in [1.29, 1.82) is 0 Å². The smallest absolute Gasteiger partial charge is 0.159 e. The summed E-state index contributed by atoms with van der Waals surface area (Å²) in [5.74, 6) is 1.19. The molecular formula is C13H10BrN5. The average molecular weight is 316 g/mol. The molecule has 0 saturated heterocycles. The first kappa shape index (κ1) is 11.9. The SMILES string of the molecule is Nc1cc(-c2ccc(Br)cc2)nn1-c1ccncn1. The van der Waals surface area contributed by atoms with Crippen LogP contribution in [0.1, 0.15) is 0 Å². The van der Waals surface area contributed by atoms with E-state index in [0.29, 0.717) is 11.6 Å². The number of nitrogen functional groups attached to an aromatic ring is 1. The number of halogens is 1. The molecule has 2 N–H and O–H groups in total. The summed E-state index contributed by atoms with van der Waals surface area (Å²) in [7, 11) is 0. The van der Waals surface area contributed by atoms with Gasteiger partial charge in [-0.1, -0.05) is 28.1 Å². The molecule has 0 aliphatic heterocycles. The summed E-state index contributed by atoms with van der Waals surface area (Å²) in [6.45, 7) is 0. The van der Waals surface area contributed by atoms with E-state index in [0.717, 1.165) is 15.7 Å². The highest BCUT2D eigenvalue weighted by molar-refractivity contribution is 9.10. The quantitative estimate of drug-likeness (QED) is 0.789. The highest BCUT2D eigenvalue weighted by Crippen LogP contribution is 2.23. The van der Waals surface area contributed by atoms with Gasteiger partial charge >= 0.3 is 0 Å². The number of aromatic nitrogens is 4. The zero-order valence-corrected chi connectivity index (χ0v) is 11.4. The monoisotopic (exact) mass is 315 g/mol. The van der Waals surface area contributed by atoms with Crippen LogP contribution in [0.4, 0.5) is 5.82 Å². The van der Waals surface area contributed by atoms with Gasteiger partial charge in [0.2, 0.25) is 0 Å². The lowest BCUT2D eigenvalue weighted by Crippen LogP contribution is -2.03. The summed E-state index contributed by atoms with van der Waals surface area (Å²) in [4.78, 5) is 8.01. The average Bonchev–Trinajstić information content (AvgIpc) is 2.83. The Balaban J connectivity index is 2.04. The summed E-state index contributed by atoms with van der Waals surface area (Å²) in [5, 5.41) is 4.47. The number of hydrogen-bond acceptors (Lipinski definition) is 4. The van der Waals surface area contributed by atoms with Gasteiger partial charge in [0.15, 0.2) is 5.82 Å². The van der Waals surface area contributed by atoms with Crippen LogP contribution in [0.25, 0.3) is 17.1 Å². The first-order valence-electron chi connectivity index (χ1n) is 5.62. The summed E-state index contributed by atoms with van der Waals surface area (Å²) in [6.07, 6.45) is 3.12. The Hall–Kier alpha value is -2.21. The minimum atomic E-state index is 0.539. The fourth-order valence-electron chi connectivity index (χ4n) is 1.75. The van der Waals surface area contributed by atoms with E-state index in [1.54, 1.807) is 16.9 Å². The van der Waals surface area contributed by atoms with Crippen molar-refractivity contribution in [2.45, 2.75) is 0 Å². The second kappa shape index (κ2) is 4.81. The van der Waals surface area contributed by atoms with Crippen LogP contribution in [0.3, 0.4) is 0 Å². The van der Waals surface area contributed by atoms with Crippen LogP contribution >= 0.6 is 15.9 Å². The third-order valence-corrected chi connectivity index (χ3v) is 3.19. The molecule has 5 nitrogen and oxygen atoms in total. The van der Waals surface area contributed by atoms with Gasteiger partial charge in [0.25, 0.3) is 0 Å². The van der Waals surface area contributed by atoms with E-state index in [9.17, 15) is 0 Å². The molecule has 0 fully saturated rings. The zero-order chi connectivity index (χ0) is 13.2. The van der Waals surface area contributed by atoms with E-state index in [4.69, 9.17) is 5.73 Å². The van der Waals surface area contributed by atoms with Crippen LogP contribution in [0, 0.1) is 0 Å². The molecule has 1 aromatic carbocycles. The van der Waals surface area contributed by atoms with E-state index in [1.165, 1.54) is 6.33 Å². The molecule has 0 bridgehead atoms. The molecule has 0 atom stereocenters. The van der Waals surface area contributed by atoms with Gasteiger partial charge < -0.3 is 5.73 Å². The molecule has 0 spiro atoms. The summed E-state index contributed by atoms with van der Waals surface area (Å²) < 4.78 is 2.62. The van der Waals surface area contributed by atoms with E-state index < -0.39 is 0 Å². The lowest BCUT2D eigenvalue weighted by Gasteiger charge is -2.01. The maximum Gasteiger partial charge on any atom is 0.159 e. The minimum Gasteiger partial charge on any atom is -0.384 e. The second-order valence-corrected chi connectivity index (χ2v) is 4.86. The van der Waals surface area contributed by atoms with Crippen molar-refractivity contribution in [3.8, 4) is 17.1 Å². The van der Waals surface area contributed by atoms with Gasteiger partial charge in [0.05, 0.1) is 5.69 Å². The standard InChI is InChI=1S/C13H10BrN5/c14-10-3-1-9(2-4-10)11-7-12(15)19(18-11)13-5-6-16-8-17-13/h1-8H,15H2. The summed E-state index contributed by atoms with van der Waals surface area (Å²) in [6, 6.07) is 11.5. The van der Waals surface area contributed by atoms with E-state index in [1.807, 2.05) is 30.3 Å². The van der Waals surface area contributed by atoms with Gasteiger partial charge in [-0.15, -0.1) is 0 Å². The molecule has 19 heavy (non-hydrogen) atoms. The molecular weight excluding hydrogens is 306 g/mol. The fraction of sp³-hybridized carbons (Fsp3) is 0. The third kappa shape index (κ3) is 2.34. The van der Waals surface area contributed by atoms with Gasteiger partial charge in [0, 0.05) is 28.4 Å². The predicted molar refractivity (Wildman–Crippen MR) is 76.7 cm³/mol. The highest BCUT2D eigenvalue weighted by atomic mass is 79.9. The van der Waals surface area contributed by atoms with Crippen molar-refractivity contribution in [2.75, 3.05) is 5.73 Å². The van der Waals surface area contributed by atoms with Crippen molar-refractivity contribution in [3.05, 3.63) is 53.4 Å². The number of nitrogens with zero attached hydrogens (tertiary/aromatic N) is 4. The first-order chi connectivity index (χ1) is 9.24. The molecule has 3 rings (SSSR count). The van der Waals surface area contributed by atoms with Gasteiger partial charge in [-0.25, -0.2) is 9.97 Å². The highest BCUT2D eigenvalue weighted by Gasteiger charge is 2.09. The number of anilines is 1. The molecule has 2 aromatic heterocycles. The number of hydrogen-bond donors (Lipinski definition) is 1. The Morgan fingerprint density at radius 1 is 1.11 bits per heavy atom. The van der Waals surface area contributed by atoms with Crippen molar-refractivity contribution in [1.82, 2.24) is 19.7 Å². The largest absolute Gasteiger partial charge is 0.384 e. The molecule has 94 valence electrons. The zero-order valence-electron chi connectivity index (χ0n) is 9.86. The van der Waals surface area contributed by atoms with Gasteiger partial charge in [-0.2, -0.15) is 9.78 Å². The molecule has 6 heteroatoms. The molecule has 3 aromatic rings. The van der Waals surface area contributed by atoms with Crippen molar-refractivity contribution >= 4 is 21.7 Å². The Morgan fingerprint density at radius 2 is 1.89 bits per heavy atom. The first-order valence-corrected chi connectivity index (χ1v) is 6.41. The molecule has 0 saturated carbocycles. The third-order valence-electron chi connectivity index (χ3n) is 2.66. The molecule has 0 aliphatic rings. The Labute approximate surface area is 118 Å². The maximum absolute atomic E-state index is 5.97. The number of rotatable bonds is 2. The Morgan fingerprint density at radius 3 is 2.58 bits per heavy atom. The van der Waals surface area contributed by atoms with E-state index in [2.05, 4.69) is 31.0 Å². The lowest BCUT2D eigenvalue weighted by atomic mass is 10.2. The van der Waals surface area contributed by atoms with Crippen molar-refractivity contribution < 1.29 is 0 Å². The van der Waals surface area contributed by atoms with Crippen molar-refractivity contribution in [2.24, 2.45) is 0 Å². The van der Waals surface area contributed by atoms with Crippen LogP contribution in [0.5, 0.6) is 0 Å². The summed E-state index contributed by atoms with van der Waals surface area (Å²) >= 11 is 3.41. The van der Waals surface area contributed by atoms with Crippen LogP contribution in [-0.2, 0) is 0 Å². The lowest BCUT2D eigenvalue weighted by molar-refractivity contribution is 0.852. The van der Waals surface area contributed by atoms with Crippen LogP contribution in [-0.4, -0.2) is 19.7 Å². The topological polar surface area (TPSA) is 69.6 Å². The van der Waals surface area contributed by atoms with Crippen LogP contribution in [0.15, 0.2) is 53.4 Å². The van der Waals surface area contributed by atoms with Gasteiger partial charge in [-0.05, 0) is 12.1 Å². The van der Waals surface area contributed by atoms with Crippen molar-refractivity contribution in [3.63, 3.8) is 0 Å². The van der Waals surface area contributed by atoms with Crippen LogP contribution in [0.2, 0.25) is 0 Å². The van der Waals surface area contributed by atoms with E-state index in [-0.39, 0.29) is 0 Å². The second-order valence-electron chi connectivity index (χ2n) is 3.94. The normalized spacial score (nSPS) is 10.6. The predicted octanol–water partition coefficient (Wildman–Crippen LogP) is 2.67. The molecule has 0 aliphatic carbocycles. The molecule has 0 unspecified atom stereocenters. The van der Waals surface area contributed by atoms with Gasteiger partial charge in [0.1, 0.15) is 12.1 Å². The molecule has 2 heterocycles. The molecule has 0 radical (unpaired) electrons.